The Labute approximate surface area is 140 Å². The van der Waals surface area contributed by atoms with E-state index in [1.54, 1.807) is 24.3 Å². The Morgan fingerprint density at radius 3 is 2.70 bits per heavy atom. The molecule has 0 saturated heterocycles. The minimum absolute atomic E-state index is 0.0314. The molecule has 2 aromatic rings. The lowest BCUT2D eigenvalue weighted by molar-refractivity contribution is -0.255. The lowest BCUT2D eigenvalue weighted by Gasteiger charge is -2.08. The molecular formula is C16H10BrN2O4-. The molecule has 0 aliphatic rings. The molecule has 1 N–H and O–H groups in total. The minimum atomic E-state index is -1.34. The quantitative estimate of drug-likeness (QED) is 0.648. The molecule has 0 atom stereocenters. The summed E-state index contributed by atoms with van der Waals surface area (Å²) >= 11 is 3.20. The molecule has 7 heteroatoms. The topological polar surface area (TPSA) is 106 Å². The third kappa shape index (κ3) is 3.67. The fourth-order valence-electron chi connectivity index (χ4n) is 1.90. The summed E-state index contributed by atoms with van der Waals surface area (Å²) in [7, 11) is 1.41. The van der Waals surface area contributed by atoms with E-state index in [4.69, 9.17) is 9.68 Å². The van der Waals surface area contributed by atoms with Crippen molar-refractivity contribution in [2.45, 2.75) is 0 Å². The molecule has 0 aliphatic carbocycles. The van der Waals surface area contributed by atoms with Gasteiger partial charge in [-0.05, 0) is 30.3 Å². The summed E-state index contributed by atoms with van der Waals surface area (Å²) in [5.74, 6) is -1.33. The summed E-state index contributed by atoms with van der Waals surface area (Å²) in [4.78, 5) is 22.7. The molecule has 0 radical (unpaired) electrons. The number of halogens is 1. The van der Waals surface area contributed by atoms with Crippen LogP contribution in [0, 0.1) is 11.3 Å². The largest absolute Gasteiger partial charge is 0.545 e. The molecule has 1 aromatic carbocycles. The van der Waals surface area contributed by atoms with E-state index in [0.29, 0.717) is 10.0 Å². The van der Waals surface area contributed by atoms with E-state index in [-0.39, 0.29) is 22.7 Å². The number of nitrogens with zero attached hydrogens (tertiary/aromatic N) is 1. The number of hydrogen-bond donors (Lipinski definition) is 1. The molecule has 0 unspecified atom stereocenters. The number of aromatic carboxylic acids is 1. The molecular weight excluding hydrogens is 364 g/mol. The van der Waals surface area contributed by atoms with E-state index < -0.39 is 11.9 Å². The van der Waals surface area contributed by atoms with Crippen LogP contribution in [0.4, 0.5) is 0 Å². The predicted molar refractivity (Wildman–Crippen MR) is 83.8 cm³/mol. The summed E-state index contributed by atoms with van der Waals surface area (Å²) in [5, 5.41) is 22.5. The number of nitriles is 1. The lowest BCUT2D eigenvalue weighted by Crippen LogP contribution is -2.23. The number of carboxylic acid groups (broad SMARTS) is 1. The van der Waals surface area contributed by atoms with Gasteiger partial charge in [-0.2, -0.15) is 5.26 Å². The highest BCUT2D eigenvalue weighted by Crippen LogP contribution is 2.28. The number of likely N-dealkylation sites (N-methyl/N-ethyl adjacent to an activating group) is 1. The molecule has 116 valence electrons. The van der Waals surface area contributed by atoms with Crippen LogP contribution in [-0.2, 0) is 4.79 Å². The second kappa shape index (κ2) is 6.94. The van der Waals surface area contributed by atoms with Crippen LogP contribution >= 0.6 is 15.9 Å². The summed E-state index contributed by atoms with van der Waals surface area (Å²) in [6, 6.07) is 9.52. The van der Waals surface area contributed by atoms with Gasteiger partial charge in [-0.1, -0.05) is 15.9 Å². The van der Waals surface area contributed by atoms with Crippen LogP contribution in [0.2, 0.25) is 0 Å². The SMILES string of the molecule is CNC(=O)/C(C#N)=C\c1ccc(-c2ccc(Br)cc2C(=O)[O-])o1. The summed E-state index contributed by atoms with van der Waals surface area (Å²) in [6.45, 7) is 0. The van der Waals surface area contributed by atoms with Crippen molar-refractivity contribution in [2.24, 2.45) is 0 Å². The molecule has 6 nitrogen and oxygen atoms in total. The highest BCUT2D eigenvalue weighted by atomic mass is 79.9. The molecule has 0 aliphatic heterocycles. The first-order valence-electron chi connectivity index (χ1n) is 6.41. The number of amides is 1. The smallest absolute Gasteiger partial charge is 0.261 e. The summed E-state index contributed by atoms with van der Waals surface area (Å²) in [5.41, 5.74) is 0.187. The van der Waals surface area contributed by atoms with Crippen molar-refractivity contribution in [3.8, 4) is 17.4 Å². The van der Waals surface area contributed by atoms with Crippen LogP contribution in [-0.4, -0.2) is 18.9 Å². The predicted octanol–water partition coefficient (Wildman–Crippen LogP) is 1.73. The van der Waals surface area contributed by atoms with Gasteiger partial charge in [0.25, 0.3) is 5.91 Å². The number of furan rings is 1. The van der Waals surface area contributed by atoms with Crippen molar-refractivity contribution >= 4 is 33.9 Å². The second-order valence-electron chi connectivity index (χ2n) is 4.43. The number of nitrogens with one attached hydrogen (secondary N) is 1. The Kier molecular flexibility index (Phi) is 4.98. The van der Waals surface area contributed by atoms with Gasteiger partial charge in [0.15, 0.2) is 0 Å². The average Bonchev–Trinajstić information content (AvgIpc) is 3.00. The van der Waals surface area contributed by atoms with E-state index in [9.17, 15) is 14.7 Å². The van der Waals surface area contributed by atoms with Crippen LogP contribution in [0.15, 0.2) is 44.8 Å². The van der Waals surface area contributed by atoms with Crippen molar-refractivity contribution in [2.75, 3.05) is 7.05 Å². The van der Waals surface area contributed by atoms with Gasteiger partial charge in [-0.15, -0.1) is 0 Å². The van der Waals surface area contributed by atoms with Gasteiger partial charge < -0.3 is 19.6 Å². The molecule has 0 fully saturated rings. The molecule has 2 rings (SSSR count). The van der Waals surface area contributed by atoms with Crippen LogP contribution in [0.1, 0.15) is 16.1 Å². The van der Waals surface area contributed by atoms with Gasteiger partial charge in [0.05, 0.1) is 5.97 Å². The van der Waals surface area contributed by atoms with Gasteiger partial charge >= 0.3 is 0 Å². The van der Waals surface area contributed by atoms with Crippen LogP contribution in [0.3, 0.4) is 0 Å². The van der Waals surface area contributed by atoms with Crippen LogP contribution < -0.4 is 10.4 Å². The first-order valence-corrected chi connectivity index (χ1v) is 7.20. The number of hydrogen-bond acceptors (Lipinski definition) is 5. The lowest BCUT2D eigenvalue weighted by atomic mass is 10.1. The first-order chi connectivity index (χ1) is 11.0. The van der Waals surface area contributed by atoms with E-state index in [1.807, 2.05) is 0 Å². The average molecular weight is 374 g/mol. The maximum absolute atomic E-state index is 11.5. The highest BCUT2D eigenvalue weighted by molar-refractivity contribution is 9.10. The molecule has 23 heavy (non-hydrogen) atoms. The van der Waals surface area contributed by atoms with E-state index >= 15 is 0 Å². The second-order valence-corrected chi connectivity index (χ2v) is 5.34. The van der Waals surface area contributed by atoms with E-state index in [0.717, 1.165) is 0 Å². The zero-order valence-corrected chi connectivity index (χ0v) is 13.5. The molecule has 0 spiro atoms. The molecule has 0 saturated carbocycles. The number of carbonyl (C=O) groups is 2. The van der Waals surface area contributed by atoms with Crippen molar-refractivity contribution in [3.63, 3.8) is 0 Å². The minimum Gasteiger partial charge on any atom is -0.545 e. The van der Waals surface area contributed by atoms with Gasteiger partial charge in [-0.3, -0.25) is 4.79 Å². The maximum atomic E-state index is 11.5. The van der Waals surface area contributed by atoms with E-state index in [2.05, 4.69) is 21.2 Å². The fraction of sp³-hybridized carbons (Fsp3) is 0.0625. The van der Waals surface area contributed by atoms with E-state index in [1.165, 1.54) is 25.3 Å². The van der Waals surface area contributed by atoms with Gasteiger partial charge in [0, 0.05) is 28.7 Å². The Bertz CT molecular complexity index is 846. The van der Waals surface area contributed by atoms with Gasteiger partial charge in [0.2, 0.25) is 0 Å². The van der Waals surface area contributed by atoms with Crippen molar-refractivity contribution in [1.82, 2.24) is 5.32 Å². The number of carboxylic acids is 1. The molecule has 0 bridgehead atoms. The maximum Gasteiger partial charge on any atom is 0.261 e. The molecule has 1 amide bonds. The number of rotatable bonds is 4. The van der Waals surface area contributed by atoms with Crippen molar-refractivity contribution in [1.29, 1.82) is 5.26 Å². The molecule has 1 heterocycles. The number of carbonyl (C=O) groups excluding carboxylic acids is 2. The summed E-state index contributed by atoms with van der Waals surface area (Å²) < 4.78 is 6.11. The zero-order chi connectivity index (χ0) is 17.0. The van der Waals surface area contributed by atoms with Gasteiger partial charge in [-0.25, -0.2) is 0 Å². The van der Waals surface area contributed by atoms with Crippen LogP contribution in [0.25, 0.3) is 17.4 Å². The molecule has 1 aromatic heterocycles. The normalized spacial score (nSPS) is 10.9. The fourth-order valence-corrected chi connectivity index (χ4v) is 2.26. The Hall–Kier alpha value is -2.85. The standard InChI is InChI=1S/C16H11BrN2O4/c1-19-15(20)9(8-18)6-11-3-5-14(23-11)12-4-2-10(17)7-13(12)16(21)22/h2-7H,1H3,(H,19,20)(H,21,22)/p-1/b9-6-. The third-order valence-electron chi connectivity index (χ3n) is 2.97. The van der Waals surface area contributed by atoms with Crippen molar-refractivity contribution < 1.29 is 19.1 Å². The highest BCUT2D eigenvalue weighted by Gasteiger charge is 2.12. The monoisotopic (exact) mass is 373 g/mol. The Morgan fingerprint density at radius 1 is 1.35 bits per heavy atom. The Morgan fingerprint density at radius 2 is 2.09 bits per heavy atom. The Balaban J connectivity index is 2.45. The first kappa shape index (κ1) is 16.5. The van der Waals surface area contributed by atoms with Crippen LogP contribution in [0.5, 0.6) is 0 Å². The third-order valence-corrected chi connectivity index (χ3v) is 3.47. The summed E-state index contributed by atoms with van der Waals surface area (Å²) in [6.07, 6.45) is 1.28. The van der Waals surface area contributed by atoms with Crippen molar-refractivity contribution in [3.05, 3.63) is 51.7 Å². The zero-order valence-electron chi connectivity index (χ0n) is 11.9. The number of benzene rings is 1. The van der Waals surface area contributed by atoms with Gasteiger partial charge in [0.1, 0.15) is 23.2 Å².